The molecule has 1 unspecified atom stereocenters. The van der Waals surface area contributed by atoms with E-state index in [0.29, 0.717) is 43.9 Å². The third kappa shape index (κ3) is 5.10. The third-order valence-electron chi connectivity index (χ3n) is 6.28. The highest BCUT2D eigenvalue weighted by Crippen LogP contribution is 2.27. The fourth-order valence-corrected chi connectivity index (χ4v) is 4.40. The molecule has 0 amide bonds. The highest BCUT2D eigenvalue weighted by molar-refractivity contribution is 5.97. The average molecular weight is 486 g/mol. The van der Waals surface area contributed by atoms with Crippen molar-refractivity contribution < 1.29 is 19.0 Å². The number of nitriles is 1. The van der Waals surface area contributed by atoms with Gasteiger partial charge in [0.2, 0.25) is 0 Å². The number of aromatic amines is 1. The van der Waals surface area contributed by atoms with Crippen LogP contribution in [0.25, 0.3) is 22.0 Å². The summed E-state index contributed by atoms with van der Waals surface area (Å²) >= 11 is 0. The Balaban J connectivity index is 1.31. The zero-order chi connectivity index (χ0) is 24.9. The second-order valence-corrected chi connectivity index (χ2v) is 8.60. The van der Waals surface area contributed by atoms with Gasteiger partial charge in [0.05, 0.1) is 44.7 Å². The molecule has 2 N–H and O–H groups in total. The predicted molar refractivity (Wildman–Crippen MR) is 134 cm³/mol. The number of nitrogens with one attached hydrogen (secondary N) is 2. The second-order valence-electron chi connectivity index (χ2n) is 8.60. The first-order chi connectivity index (χ1) is 17.6. The number of fused-ring (bicyclic) bond motifs is 1. The van der Waals surface area contributed by atoms with Gasteiger partial charge >= 0.3 is 5.97 Å². The number of H-pyrrole nitrogens is 1. The van der Waals surface area contributed by atoms with Crippen LogP contribution in [-0.4, -0.2) is 53.4 Å². The quantitative estimate of drug-likeness (QED) is 0.343. The van der Waals surface area contributed by atoms with Crippen LogP contribution in [0.3, 0.4) is 0 Å². The van der Waals surface area contributed by atoms with Crippen LogP contribution in [0, 0.1) is 11.3 Å². The molecule has 0 bridgehead atoms. The van der Waals surface area contributed by atoms with Crippen LogP contribution >= 0.6 is 0 Å². The Morgan fingerprint density at radius 2 is 2.11 bits per heavy atom. The van der Waals surface area contributed by atoms with Gasteiger partial charge in [-0.1, -0.05) is 24.3 Å². The summed E-state index contributed by atoms with van der Waals surface area (Å²) in [7, 11) is 1.34. The molecule has 9 heteroatoms. The highest BCUT2D eigenvalue weighted by atomic mass is 16.7. The topological polar surface area (TPSA) is 114 Å². The lowest BCUT2D eigenvalue weighted by molar-refractivity contribution is -0.0545. The van der Waals surface area contributed by atoms with Crippen molar-refractivity contribution in [2.45, 2.75) is 31.7 Å². The minimum atomic E-state index is -0.484. The van der Waals surface area contributed by atoms with Crippen molar-refractivity contribution in [1.29, 1.82) is 5.26 Å². The molecule has 2 aromatic carbocycles. The Kier molecular flexibility index (Phi) is 6.98. The molecule has 2 aromatic heterocycles. The summed E-state index contributed by atoms with van der Waals surface area (Å²) < 4.78 is 17.7. The van der Waals surface area contributed by atoms with Gasteiger partial charge in [-0.2, -0.15) is 10.4 Å². The minimum absolute atomic E-state index is 0.304. The zero-order valence-electron chi connectivity index (χ0n) is 19.9. The lowest BCUT2D eigenvalue weighted by Gasteiger charge is -2.16. The van der Waals surface area contributed by atoms with E-state index in [-0.39, 0.29) is 6.29 Å². The lowest BCUT2D eigenvalue weighted by atomic mass is 10.0. The van der Waals surface area contributed by atoms with Crippen molar-refractivity contribution in [3.63, 3.8) is 0 Å². The first-order valence-electron chi connectivity index (χ1n) is 11.8. The highest BCUT2D eigenvalue weighted by Gasteiger charge is 2.19. The van der Waals surface area contributed by atoms with Crippen molar-refractivity contribution in [2.24, 2.45) is 0 Å². The molecular formula is C27H27N5O4. The number of ether oxygens (including phenoxy) is 3. The first-order valence-corrected chi connectivity index (χ1v) is 11.8. The van der Waals surface area contributed by atoms with Crippen LogP contribution in [0.5, 0.6) is 0 Å². The molecule has 1 aliphatic heterocycles. The van der Waals surface area contributed by atoms with E-state index < -0.39 is 12.0 Å². The van der Waals surface area contributed by atoms with E-state index in [2.05, 4.69) is 27.5 Å². The van der Waals surface area contributed by atoms with Gasteiger partial charge in [-0.25, -0.2) is 4.79 Å². The Morgan fingerprint density at radius 1 is 1.28 bits per heavy atom. The minimum Gasteiger partial charge on any atom is -0.465 e. The number of anilines is 1. The summed E-state index contributed by atoms with van der Waals surface area (Å²) in [5.41, 5.74) is 4.80. The Morgan fingerprint density at radius 3 is 2.92 bits per heavy atom. The fourth-order valence-electron chi connectivity index (χ4n) is 4.40. The number of aryl methyl sites for hydroxylation is 1. The van der Waals surface area contributed by atoms with E-state index in [1.54, 1.807) is 23.0 Å². The van der Waals surface area contributed by atoms with Crippen molar-refractivity contribution in [3.05, 3.63) is 72.2 Å². The normalized spacial score (nSPS) is 14.6. The molecule has 5 rings (SSSR count). The van der Waals surface area contributed by atoms with Gasteiger partial charge in [-0.05, 0) is 42.2 Å². The number of nitrogens with zero attached hydrogens (tertiary/aromatic N) is 3. The van der Waals surface area contributed by atoms with E-state index in [1.807, 2.05) is 36.7 Å². The number of hydrogen-bond acceptors (Lipinski definition) is 7. The van der Waals surface area contributed by atoms with Crippen molar-refractivity contribution in [2.75, 3.05) is 25.6 Å². The molecule has 1 saturated heterocycles. The van der Waals surface area contributed by atoms with Gasteiger partial charge in [-0.3, -0.25) is 4.68 Å². The van der Waals surface area contributed by atoms with E-state index in [4.69, 9.17) is 14.2 Å². The molecule has 0 aliphatic carbocycles. The molecule has 3 heterocycles. The van der Waals surface area contributed by atoms with Crippen LogP contribution in [0.1, 0.15) is 22.3 Å². The second kappa shape index (κ2) is 10.6. The molecule has 1 atom stereocenters. The van der Waals surface area contributed by atoms with Crippen LogP contribution in [0.15, 0.2) is 61.1 Å². The SMILES string of the molecule is COC(=O)c1cc(-c2cnn(CC3OCCO3)c2)ccc1NC(C#N)CCc1c[nH]c2ccccc12. The average Bonchev–Trinajstić information content (AvgIpc) is 3.68. The summed E-state index contributed by atoms with van der Waals surface area (Å²) in [6.45, 7) is 1.66. The molecule has 4 aromatic rings. The number of para-hydroxylation sites is 1. The lowest BCUT2D eigenvalue weighted by Crippen LogP contribution is -2.20. The van der Waals surface area contributed by atoms with Gasteiger partial charge < -0.3 is 24.5 Å². The number of hydrogen-bond donors (Lipinski definition) is 2. The van der Waals surface area contributed by atoms with Gasteiger partial charge in [-0.15, -0.1) is 0 Å². The van der Waals surface area contributed by atoms with Gasteiger partial charge in [0.1, 0.15) is 6.04 Å². The van der Waals surface area contributed by atoms with E-state index in [9.17, 15) is 10.1 Å². The van der Waals surface area contributed by atoms with Crippen LogP contribution in [0.2, 0.25) is 0 Å². The number of esters is 1. The van der Waals surface area contributed by atoms with Gasteiger partial charge in [0, 0.05) is 34.5 Å². The molecule has 36 heavy (non-hydrogen) atoms. The fraction of sp³-hybridized carbons (Fsp3) is 0.296. The largest absolute Gasteiger partial charge is 0.465 e. The zero-order valence-corrected chi connectivity index (χ0v) is 19.9. The number of carbonyl (C=O) groups is 1. The number of methoxy groups -OCH3 is 1. The molecule has 1 fully saturated rings. The number of aromatic nitrogens is 3. The summed E-state index contributed by atoms with van der Waals surface area (Å²) in [6.07, 6.45) is 6.60. The molecule has 9 nitrogen and oxygen atoms in total. The molecule has 184 valence electrons. The van der Waals surface area contributed by atoms with E-state index >= 15 is 0 Å². The Bertz CT molecular complexity index is 1400. The van der Waals surface area contributed by atoms with Crippen LogP contribution in [-0.2, 0) is 27.2 Å². The van der Waals surface area contributed by atoms with E-state index in [1.165, 1.54) is 7.11 Å². The van der Waals surface area contributed by atoms with E-state index in [0.717, 1.165) is 27.6 Å². The van der Waals surface area contributed by atoms with Gasteiger partial charge in [0.15, 0.2) is 6.29 Å². The first kappa shape index (κ1) is 23.6. The predicted octanol–water partition coefficient (Wildman–Crippen LogP) is 4.13. The maximum absolute atomic E-state index is 12.6. The van der Waals surface area contributed by atoms with Crippen molar-refractivity contribution in [3.8, 4) is 17.2 Å². The summed E-state index contributed by atoms with van der Waals surface area (Å²) in [6, 6.07) is 15.4. The number of rotatable bonds is 9. The van der Waals surface area contributed by atoms with Crippen molar-refractivity contribution >= 4 is 22.6 Å². The Hall–Kier alpha value is -4.13. The molecular weight excluding hydrogens is 458 g/mol. The molecule has 0 radical (unpaired) electrons. The third-order valence-corrected chi connectivity index (χ3v) is 6.28. The maximum atomic E-state index is 12.6. The summed E-state index contributed by atoms with van der Waals surface area (Å²) in [5, 5.41) is 18.6. The van der Waals surface area contributed by atoms with Crippen LogP contribution in [0.4, 0.5) is 5.69 Å². The summed E-state index contributed by atoms with van der Waals surface area (Å²) in [5.74, 6) is -0.479. The number of carbonyl (C=O) groups excluding carboxylic acids is 1. The molecule has 1 aliphatic rings. The monoisotopic (exact) mass is 485 g/mol. The smallest absolute Gasteiger partial charge is 0.339 e. The van der Waals surface area contributed by atoms with Crippen molar-refractivity contribution in [1.82, 2.24) is 14.8 Å². The number of benzene rings is 2. The standard InChI is InChI=1S/C27H27N5O4/c1-34-27(33)23-12-18(20-15-30-32(16-20)17-26-35-10-11-36-26)7-9-25(23)31-21(13-28)8-6-19-14-29-24-5-3-2-4-22(19)24/h2-5,7,9,12,14-16,21,26,29,31H,6,8,10-11,17H2,1H3. The molecule has 0 spiro atoms. The maximum Gasteiger partial charge on any atom is 0.339 e. The Labute approximate surface area is 208 Å². The molecule has 0 saturated carbocycles. The summed E-state index contributed by atoms with van der Waals surface area (Å²) in [4.78, 5) is 15.9. The van der Waals surface area contributed by atoms with Crippen LogP contribution < -0.4 is 5.32 Å². The van der Waals surface area contributed by atoms with Gasteiger partial charge in [0.25, 0.3) is 0 Å².